The van der Waals surface area contributed by atoms with Gasteiger partial charge < -0.3 is 10.2 Å². The zero-order valence-electron chi connectivity index (χ0n) is 14.4. The molecule has 7 heteroatoms. The molecule has 0 radical (unpaired) electrons. The number of nitrogens with zero attached hydrogens (tertiary/aromatic N) is 3. The second-order valence-corrected chi connectivity index (χ2v) is 8.02. The molecule has 0 bridgehead atoms. The van der Waals surface area contributed by atoms with Gasteiger partial charge in [0.2, 0.25) is 11.8 Å². The van der Waals surface area contributed by atoms with Crippen LogP contribution in [0.15, 0.2) is 11.6 Å². The zero-order valence-corrected chi connectivity index (χ0v) is 15.2. The Hall–Kier alpha value is -1.47. The monoisotopic (exact) mass is 350 g/mol. The summed E-state index contributed by atoms with van der Waals surface area (Å²) in [6.45, 7) is 6.25. The Morgan fingerprint density at radius 3 is 2.83 bits per heavy atom. The van der Waals surface area contributed by atoms with Crippen molar-refractivity contribution < 1.29 is 9.59 Å². The first-order valence-electron chi connectivity index (χ1n) is 8.78. The Morgan fingerprint density at radius 2 is 2.21 bits per heavy atom. The van der Waals surface area contributed by atoms with E-state index in [9.17, 15) is 9.59 Å². The van der Waals surface area contributed by atoms with Gasteiger partial charge in [0.05, 0.1) is 12.6 Å². The first-order valence-corrected chi connectivity index (χ1v) is 9.66. The summed E-state index contributed by atoms with van der Waals surface area (Å²) in [4.78, 5) is 33.4. The number of thiazole rings is 1. The first-order chi connectivity index (χ1) is 11.5. The fraction of sp³-hybridized carbons (Fsp3) is 0.706. The van der Waals surface area contributed by atoms with Crippen LogP contribution in [0.3, 0.4) is 0 Å². The van der Waals surface area contributed by atoms with Gasteiger partial charge in [0, 0.05) is 24.2 Å². The molecule has 1 unspecified atom stereocenters. The predicted molar refractivity (Wildman–Crippen MR) is 94.9 cm³/mol. The molecule has 1 atom stereocenters. The summed E-state index contributed by atoms with van der Waals surface area (Å²) in [6.07, 6.45) is 5.67. The first kappa shape index (κ1) is 17.4. The van der Waals surface area contributed by atoms with Gasteiger partial charge in [0.25, 0.3) is 0 Å². The SMILES string of the molecule is CC(C)CN(C(=O)CN1CCCC1C(=O)Nc1nccs1)C1CC1. The molecule has 1 aromatic rings. The largest absolute Gasteiger partial charge is 0.338 e. The van der Waals surface area contributed by atoms with Gasteiger partial charge in [-0.05, 0) is 38.1 Å². The van der Waals surface area contributed by atoms with Gasteiger partial charge in [-0.2, -0.15) is 0 Å². The van der Waals surface area contributed by atoms with Crippen LogP contribution < -0.4 is 5.32 Å². The van der Waals surface area contributed by atoms with Gasteiger partial charge in [-0.15, -0.1) is 11.3 Å². The number of rotatable bonds is 7. The molecular weight excluding hydrogens is 324 g/mol. The lowest BCUT2D eigenvalue weighted by molar-refractivity contribution is -0.134. The average Bonchev–Trinajstić information content (AvgIpc) is 3.03. The highest BCUT2D eigenvalue weighted by molar-refractivity contribution is 7.13. The number of carbonyl (C=O) groups excluding carboxylic acids is 2. The fourth-order valence-corrected chi connectivity index (χ4v) is 3.82. The molecule has 0 aromatic carbocycles. The summed E-state index contributed by atoms with van der Waals surface area (Å²) in [5, 5.41) is 5.33. The van der Waals surface area contributed by atoms with Crippen molar-refractivity contribution in [1.29, 1.82) is 0 Å². The molecule has 1 N–H and O–H groups in total. The van der Waals surface area contributed by atoms with Crippen LogP contribution >= 0.6 is 11.3 Å². The molecule has 0 spiro atoms. The lowest BCUT2D eigenvalue weighted by Gasteiger charge is -2.29. The Kier molecular flexibility index (Phi) is 5.50. The molecule has 1 aromatic heterocycles. The van der Waals surface area contributed by atoms with E-state index in [1.807, 2.05) is 15.2 Å². The van der Waals surface area contributed by atoms with Gasteiger partial charge in [0.1, 0.15) is 0 Å². The number of nitrogens with one attached hydrogen (secondary N) is 1. The smallest absolute Gasteiger partial charge is 0.243 e. The molecule has 2 fully saturated rings. The van der Waals surface area contributed by atoms with Gasteiger partial charge in [-0.25, -0.2) is 4.98 Å². The lowest BCUT2D eigenvalue weighted by atomic mass is 10.2. The van der Waals surface area contributed by atoms with Crippen LogP contribution in [-0.4, -0.2) is 58.3 Å². The number of likely N-dealkylation sites (tertiary alicyclic amines) is 1. The van der Waals surface area contributed by atoms with Crippen molar-refractivity contribution in [2.24, 2.45) is 5.92 Å². The third-order valence-corrected chi connectivity index (χ3v) is 5.23. The topological polar surface area (TPSA) is 65.5 Å². The minimum absolute atomic E-state index is 0.0444. The lowest BCUT2D eigenvalue weighted by Crippen LogP contribution is -2.47. The average molecular weight is 350 g/mol. The molecule has 132 valence electrons. The van der Waals surface area contributed by atoms with Crippen LogP contribution in [0.1, 0.15) is 39.5 Å². The third-order valence-electron chi connectivity index (χ3n) is 4.54. The van der Waals surface area contributed by atoms with E-state index in [4.69, 9.17) is 0 Å². The highest BCUT2D eigenvalue weighted by Gasteiger charge is 2.37. The van der Waals surface area contributed by atoms with Gasteiger partial charge in [0.15, 0.2) is 5.13 Å². The number of anilines is 1. The molecule has 1 saturated heterocycles. The second kappa shape index (κ2) is 7.61. The molecule has 1 aliphatic carbocycles. The Bertz CT molecular complexity index is 571. The summed E-state index contributed by atoms with van der Waals surface area (Å²) >= 11 is 1.41. The van der Waals surface area contributed by atoms with E-state index < -0.39 is 0 Å². The van der Waals surface area contributed by atoms with Crippen molar-refractivity contribution >= 4 is 28.3 Å². The second-order valence-electron chi connectivity index (χ2n) is 7.13. The number of hydrogen-bond donors (Lipinski definition) is 1. The normalized spacial score (nSPS) is 21.2. The molecule has 1 aliphatic heterocycles. The molecule has 1 saturated carbocycles. The molecule has 2 amide bonds. The predicted octanol–water partition coefficient (Wildman–Crippen LogP) is 2.19. The maximum Gasteiger partial charge on any atom is 0.243 e. The number of amides is 2. The number of carbonyl (C=O) groups is 2. The van der Waals surface area contributed by atoms with E-state index in [0.29, 0.717) is 23.6 Å². The van der Waals surface area contributed by atoms with E-state index in [-0.39, 0.29) is 17.9 Å². The van der Waals surface area contributed by atoms with Crippen molar-refractivity contribution in [2.75, 3.05) is 25.0 Å². The maximum absolute atomic E-state index is 12.7. The van der Waals surface area contributed by atoms with E-state index in [1.165, 1.54) is 11.3 Å². The number of hydrogen-bond acceptors (Lipinski definition) is 5. The van der Waals surface area contributed by atoms with Crippen molar-refractivity contribution in [3.8, 4) is 0 Å². The summed E-state index contributed by atoms with van der Waals surface area (Å²) in [6, 6.07) is 0.197. The Labute approximate surface area is 147 Å². The highest BCUT2D eigenvalue weighted by atomic mass is 32.1. The Balaban J connectivity index is 1.58. The van der Waals surface area contributed by atoms with Crippen LogP contribution in [0.5, 0.6) is 0 Å². The van der Waals surface area contributed by atoms with E-state index in [2.05, 4.69) is 24.1 Å². The molecule has 2 aliphatic rings. The van der Waals surface area contributed by atoms with Crippen LogP contribution in [0.2, 0.25) is 0 Å². The van der Waals surface area contributed by atoms with Crippen LogP contribution in [-0.2, 0) is 9.59 Å². The summed E-state index contributed by atoms with van der Waals surface area (Å²) in [7, 11) is 0. The quantitative estimate of drug-likeness (QED) is 0.819. The molecular formula is C17H26N4O2S. The summed E-state index contributed by atoms with van der Waals surface area (Å²) in [5.74, 6) is 0.592. The van der Waals surface area contributed by atoms with E-state index in [1.54, 1.807) is 6.20 Å². The van der Waals surface area contributed by atoms with Gasteiger partial charge in [-0.3, -0.25) is 14.5 Å². The summed E-state index contributed by atoms with van der Waals surface area (Å²) in [5.41, 5.74) is 0. The standard InChI is InChI=1S/C17H26N4O2S/c1-12(2)10-21(13-5-6-13)15(22)11-20-8-3-4-14(20)16(23)19-17-18-7-9-24-17/h7,9,12-14H,3-6,8,10-11H2,1-2H3,(H,18,19,23). The van der Waals surface area contributed by atoms with Crippen molar-refractivity contribution in [3.63, 3.8) is 0 Å². The highest BCUT2D eigenvalue weighted by Crippen LogP contribution is 2.28. The molecule has 6 nitrogen and oxygen atoms in total. The van der Waals surface area contributed by atoms with E-state index >= 15 is 0 Å². The third kappa shape index (κ3) is 4.33. The molecule has 24 heavy (non-hydrogen) atoms. The molecule has 2 heterocycles. The van der Waals surface area contributed by atoms with Crippen molar-refractivity contribution in [2.45, 2.75) is 51.6 Å². The van der Waals surface area contributed by atoms with Crippen LogP contribution in [0, 0.1) is 5.92 Å². The van der Waals surface area contributed by atoms with Crippen molar-refractivity contribution in [3.05, 3.63) is 11.6 Å². The Morgan fingerprint density at radius 1 is 1.42 bits per heavy atom. The zero-order chi connectivity index (χ0) is 17.1. The van der Waals surface area contributed by atoms with Crippen LogP contribution in [0.4, 0.5) is 5.13 Å². The summed E-state index contributed by atoms with van der Waals surface area (Å²) < 4.78 is 0. The fourth-order valence-electron chi connectivity index (χ4n) is 3.28. The minimum atomic E-state index is -0.224. The number of aromatic nitrogens is 1. The minimum Gasteiger partial charge on any atom is -0.338 e. The van der Waals surface area contributed by atoms with Crippen LogP contribution in [0.25, 0.3) is 0 Å². The maximum atomic E-state index is 12.7. The van der Waals surface area contributed by atoms with Gasteiger partial charge in [-0.1, -0.05) is 13.8 Å². The molecule has 3 rings (SSSR count). The van der Waals surface area contributed by atoms with Crippen molar-refractivity contribution in [1.82, 2.24) is 14.8 Å². The van der Waals surface area contributed by atoms with Gasteiger partial charge >= 0.3 is 0 Å². The van der Waals surface area contributed by atoms with E-state index in [0.717, 1.165) is 38.8 Å².